The molecule has 0 amide bonds. The summed E-state index contributed by atoms with van der Waals surface area (Å²) in [5.74, 6) is -0.143. The molecule has 3 aromatic rings. The van der Waals surface area contributed by atoms with Gasteiger partial charge >= 0.3 is 0 Å². The Labute approximate surface area is 142 Å². The van der Waals surface area contributed by atoms with E-state index in [9.17, 15) is 12.8 Å². The van der Waals surface area contributed by atoms with Crippen LogP contribution < -0.4 is 4.72 Å². The molecule has 0 radical (unpaired) electrons. The lowest BCUT2D eigenvalue weighted by atomic mass is 10.2. The minimum Gasteiger partial charge on any atom is -0.263 e. The number of nitrogens with one attached hydrogen (secondary N) is 1. The van der Waals surface area contributed by atoms with E-state index in [0.29, 0.717) is 11.6 Å². The summed E-state index contributed by atoms with van der Waals surface area (Å²) in [6, 6.07) is 8.01. The molecule has 1 saturated carbocycles. The minimum atomic E-state index is -4.01. The van der Waals surface area contributed by atoms with Gasteiger partial charge in [0.25, 0.3) is 10.0 Å². The highest BCUT2D eigenvalue weighted by molar-refractivity contribution is 7.92. The molecule has 2 aromatic heterocycles. The maximum atomic E-state index is 13.4. The van der Waals surface area contributed by atoms with E-state index in [1.54, 1.807) is 6.07 Å². The van der Waals surface area contributed by atoms with Gasteiger partial charge in [0.1, 0.15) is 17.7 Å². The topological polar surface area (TPSA) is 100 Å². The van der Waals surface area contributed by atoms with Gasteiger partial charge in [0, 0.05) is 18.2 Å². The van der Waals surface area contributed by atoms with Crippen LogP contribution in [0.25, 0.3) is 5.65 Å². The number of benzene rings is 1. The van der Waals surface area contributed by atoms with Gasteiger partial charge in [-0.3, -0.25) is 4.72 Å². The summed E-state index contributed by atoms with van der Waals surface area (Å²) in [5.41, 5.74) is 1.09. The average molecular weight is 357 g/mol. The van der Waals surface area contributed by atoms with Gasteiger partial charge in [-0.15, -0.1) is 0 Å². The number of aromatic nitrogens is 3. The molecule has 126 valence electrons. The third kappa shape index (κ3) is 2.81. The first-order valence-electron chi connectivity index (χ1n) is 7.55. The molecule has 7 nitrogen and oxygen atoms in total. The zero-order valence-electron chi connectivity index (χ0n) is 12.8. The van der Waals surface area contributed by atoms with Crippen molar-refractivity contribution >= 4 is 21.5 Å². The van der Waals surface area contributed by atoms with Gasteiger partial charge in [-0.05, 0) is 37.1 Å². The second-order valence-corrected chi connectivity index (χ2v) is 7.48. The Kier molecular flexibility index (Phi) is 3.43. The molecular weight excluding hydrogens is 345 g/mol. The normalized spacial score (nSPS) is 14.4. The lowest BCUT2D eigenvalue weighted by molar-refractivity contribution is 0.599. The maximum Gasteiger partial charge on any atom is 0.263 e. The lowest BCUT2D eigenvalue weighted by Gasteiger charge is -2.09. The van der Waals surface area contributed by atoms with E-state index in [1.807, 2.05) is 6.07 Å². The Morgan fingerprint density at radius 1 is 1.28 bits per heavy atom. The molecule has 1 aliphatic carbocycles. The van der Waals surface area contributed by atoms with Crippen molar-refractivity contribution in [3.63, 3.8) is 0 Å². The van der Waals surface area contributed by atoms with Crippen LogP contribution in [0.5, 0.6) is 0 Å². The molecule has 4 rings (SSSR count). The van der Waals surface area contributed by atoms with E-state index in [0.717, 1.165) is 36.7 Å². The number of hydrogen-bond acceptors (Lipinski definition) is 5. The molecule has 1 N–H and O–H groups in total. The smallest absolute Gasteiger partial charge is 0.263 e. The fourth-order valence-corrected chi connectivity index (χ4v) is 3.59. The van der Waals surface area contributed by atoms with Gasteiger partial charge < -0.3 is 0 Å². The molecule has 0 saturated heterocycles. The van der Waals surface area contributed by atoms with Gasteiger partial charge in [-0.1, -0.05) is 0 Å². The predicted octanol–water partition coefficient (Wildman–Crippen LogP) is 2.42. The summed E-state index contributed by atoms with van der Waals surface area (Å²) in [4.78, 5) is 3.98. The highest BCUT2D eigenvalue weighted by atomic mass is 32.2. The molecule has 0 unspecified atom stereocenters. The lowest BCUT2D eigenvalue weighted by Crippen LogP contribution is -2.16. The van der Waals surface area contributed by atoms with Crippen molar-refractivity contribution in [2.45, 2.75) is 23.7 Å². The van der Waals surface area contributed by atoms with Gasteiger partial charge in [0.05, 0.1) is 16.2 Å². The van der Waals surface area contributed by atoms with Crippen molar-refractivity contribution < 1.29 is 12.8 Å². The van der Waals surface area contributed by atoms with Crippen molar-refractivity contribution in [1.82, 2.24) is 14.6 Å². The fraction of sp³-hybridized carbons (Fsp3) is 0.188. The first-order chi connectivity index (χ1) is 12.0. The summed E-state index contributed by atoms with van der Waals surface area (Å²) in [5, 5.41) is 13.3. The largest absolute Gasteiger partial charge is 0.263 e. The van der Waals surface area contributed by atoms with Gasteiger partial charge in [-0.2, -0.15) is 14.9 Å². The quantitative estimate of drug-likeness (QED) is 0.773. The standard InChI is InChI=1S/C16H12FN5O2S/c17-13-4-3-12(7-11(13)9-18)25(23,24)21-15-5-6-19-16-8-14(10-1-2-10)20-22(15)16/h3-8,10,21H,1-2H2. The number of fused-ring (bicyclic) bond motifs is 1. The first-order valence-corrected chi connectivity index (χ1v) is 9.03. The molecule has 2 heterocycles. The third-order valence-electron chi connectivity index (χ3n) is 3.98. The molecular formula is C16H12FN5O2S. The second kappa shape index (κ2) is 5.53. The highest BCUT2D eigenvalue weighted by Crippen LogP contribution is 2.39. The number of sulfonamides is 1. The summed E-state index contributed by atoms with van der Waals surface area (Å²) in [6.45, 7) is 0. The van der Waals surface area contributed by atoms with Crippen molar-refractivity contribution in [2.75, 3.05) is 4.72 Å². The van der Waals surface area contributed by atoms with Crippen molar-refractivity contribution in [3.05, 3.63) is 53.6 Å². The second-order valence-electron chi connectivity index (χ2n) is 5.80. The van der Waals surface area contributed by atoms with Crippen molar-refractivity contribution in [1.29, 1.82) is 5.26 Å². The zero-order chi connectivity index (χ0) is 17.6. The molecule has 0 atom stereocenters. The molecule has 25 heavy (non-hydrogen) atoms. The third-order valence-corrected chi connectivity index (χ3v) is 5.33. The fourth-order valence-electron chi connectivity index (χ4n) is 2.52. The number of rotatable bonds is 4. The number of halogens is 1. The summed E-state index contributed by atoms with van der Waals surface area (Å²) < 4.78 is 42.4. The molecule has 1 aliphatic rings. The molecule has 0 spiro atoms. The molecule has 9 heteroatoms. The van der Waals surface area contributed by atoms with E-state index >= 15 is 0 Å². The predicted molar refractivity (Wildman–Crippen MR) is 86.9 cm³/mol. The van der Waals surface area contributed by atoms with Crippen molar-refractivity contribution in [3.8, 4) is 6.07 Å². The Balaban J connectivity index is 1.74. The summed E-state index contributed by atoms with van der Waals surface area (Å²) in [7, 11) is -4.01. The van der Waals surface area contributed by atoms with Gasteiger partial charge in [-0.25, -0.2) is 17.8 Å². The Hall–Kier alpha value is -2.99. The van der Waals surface area contributed by atoms with E-state index in [1.165, 1.54) is 16.8 Å². The van der Waals surface area contributed by atoms with Crippen molar-refractivity contribution in [2.24, 2.45) is 0 Å². The van der Waals surface area contributed by atoms with Crippen LogP contribution in [0.4, 0.5) is 10.2 Å². The molecule has 0 bridgehead atoms. The van der Waals surface area contributed by atoms with Crippen LogP contribution in [-0.4, -0.2) is 23.0 Å². The number of nitriles is 1. The first kappa shape index (κ1) is 15.5. The Bertz CT molecular complexity index is 1130. The number of nitrogens with zero attached hydrogens (tertiary/aromatic N) is 4. The average Bonchev–Trinajstić information content (AvgIpc) is 3.34. The SMILES string of the molecule is N#Cc1cc(S(=O)(=O)Nc2ccnc3cc(C4CC4)nn23)ccc1F. The molecule has 0 aliphatic heterocycles. The van der Waals surface area contributed by atoms with Crippen LogP contribution >= 0.6 is 0 Å². The minimum absolute atomic E-state index is 0.204. The number of anilines is 1. The number of hydrogen-bond donors (Lipinski definition) is 1. The van der Waals surface area contributed by atoms with Gasteiger partial charge in [0.15, 0.2) is 5.65 Å². The molecule has 1 aromatic carbocycles. The van der Waals surface area contributed by atoms with Crippen LogP contribution in [0.15, 0.2) is 41.4 Å². The van der Waals surface area contributed by atoms with Crippen LogP contribution in [0.2, 0.25) is 0 Å². The summed E-state index contributed by atoms with van der Waals surface area (Å²) >= 11 is 0. The zero-order valence-corrected chi connectivity index (χ0v) is 13.7. The highest BCUT2D eigenvalue weighted by Gasteiger charge is 2.27. The Morgan fingerprint density at radius 3 is 2.80 bits per heavy atom. The molecule has 1 fully saturated rings. The van der Waals surface area contributed by atoms with Crippen LogP contribution in [-0.2, 0) is 10.0 Å². The van der Waals surface area contributed by atoms with Crippen LogP contribution in [0.3, 0.4) is 0 Å². The monoisotopic (exact) mass is 357 g/mol. The summed E-state index contributed by atoms with van der Waals surface area (Å²) in [6.07, 6.45) is 3.62. The van der Waals surface area contributed by atoms with E-state index < -0.39 is 15.8 Å². The van der Waals surface area contributed by atoms with Gasteiger partial charge in [0.2, 0.25) is 0 Å². The Morgan fingerprint density at radius 2 is 2.08 bits per heavy atom. The van der Waals surface area contributed by atoms with E-state index in [-0.39, 0.29) is 16.3 Å². The maximum absolute atomic E-state index is 13.4. The van der Waals surface area contributed by atoms with E-state index in [2.05, 4.69) is 14.8 Å². The van der Waals surface area contributed by atoms with Crippen LogP contribution in [0.1, 0.15) is 30.0 Å². The van der Waals surface area contributed by atoms with E-state index in [4.69, 9.17) is 5.26 Å². The van der Waals surface area contributed by atoms with Crippen LogP contribution in [0, 0.1) is 17.1 Å².